The zero-order valence-electron chi connectivity index (χ0n) is 13.3. The highest BCUT2D eigenvalue weighted by Crippen LogP contribution is 2.28. The largest absolute Gasteiger partial charge is 0.383 e. The van der Waals surface area contributed by atoms with Gasteiger partial charge in [-0.15, -0.1) is 0 Å². The van der Waals surface area contributed by atoms with Crippen molar-refractivity contribution in [2.75, 3.05) is 46.4 Å². The van der Waals surface area contributed by atoms with Crippen LogP contribution < -0.4 is 0 Å². The van der Waals surface area contributed by atoms with E-state index in [1.54, 1.807) is 7.11 Å². The van der Waals surface area contributed by atoms with E-state index in [2.05, 4.69) is 21.2 Å². The molecule has 0 unspecified atom stereocenters. The summed E-state index contributed by atoms with van der Waals surface area (Å²) in [5, 5.41) is 7.14. The number of aromatic amines is 1. The summed E-state index contributed by atoms with van der Waals surface area (Å²) in [7, 11) is 1.68. The minimum atomic E-state index is 0.286. The first-order valence-electron chi connectivity index (χ1n) is 8.24. The van der Waals surface area contributed by atoms with Crippen LogP contribution in [0.25, 0.3) is 0 Å². The maximum atomic E-state index is 12.0. The van der Waals surface area contributed by atoms with Crippen molar-refractivity contribution in [3.8, 4) is 0 Å². The fourth-order valence-electron chi connectivity index (χ4n) is 3.68. The molecule has 2 aliphatic heterocycles. The highest BCUT2D eigenvalue weighted by atomic mass is 16.5. The number of aromatic nitrogens is 2. The molecule has 1 N–H and O–H groups in total. The molecule has 0 spiro atoms. The number of H-pyrrole nitrogens is 1. The molecule has 0 bridgehead atoms. The molecular formula is C16H26N4O2. The van der Waals surface area contributed by atoms with Gasteiger partial charge in [0, 0.05) is 51.0 Å². The quantitative estimate of drug-likeness (QED) is 0.854. The van der Waals surface area contributed by atoms with Gasteiger partial charge in [-0.3, -0.25) is 9.89 Å². The number of carbonyl (C=O) groups excluding carboxylic acids is 1. The molecule has 6 nitrogen and oxygen atoms in total. The van der Waals surface area contributed by atoms with E-state index >= 15 is 0 Å². The third kappa shape index (κ3) is 3.67. The van der Waals surface area contributed by atoms with Crippen molar-refractivity contribution in [1.29, 1.82) is 0 Å². The third-order valence-electron chi connectivity index (χ3n) is 4.93. The lowest BCUT2D eigenvalue weighted by Gasteiger charge is -2.32. The Morgan fingerprint density at radius 3 is 2.91 bits per heavy atom. The fourth-order valence-corrected chi connectivity index (χ4v) is 3.68. The maximum Gasteiger partial charge on any atom is 0.223 e. The van der Waals surface area contributed by atoms with Gasteiger partial charge in [-0.25, -0.2) is 0 Å². The Bertz CT molecular complexity index is 469. The van der Waals surface area contributed by atoms with Gasteiger partial charge in [0.15, 0.2) is 0 Å². The van der Waals surface area contributed by atoms with Crippen LogP contribution in [0.1, 0.15) is 30.9 Å². The second-order valence-electron chi connectivity index (χ2n) is 6.49. The van der Waals surface area contributed by atoms with Crippen LogP contribution in [0.3, 0.4) is 0 Å². The highest BCUT2D eigenvalue weighted by molar-refractivity contribution is 5.78. The molecule has 0 aliphatic carbocycles. The lowest BCUT2D eigenvalue weighted by atomic mass is 9.93. The van der Waals surface area contributed by atoms with Gasteiger partial charge in [-0.1, -0.05) is 0 Å². The van der Waals surface area contributed by atoms with Crippen molar-refractivity contribution in [1.82, 2.24) is 20.0 Å². The Morgan fingerprint density at radius 1 is 1.41 bits per heavy atom. The Hall–Kier alpha value is -1.40. The zero-order valence-corrected chi connectivity index (χ0v) is 13.3. The third-order valence-corrected chi connectivity index (χ3v) is 4.93. The number of methoxy groups -OCH3 is 1. The van der Waals surface area contributed by atoms with E-state index in [1.807, 2.05) is 11.1 Å². The summed E-state index contributed by atoms with van der Waals surface area (Å²) in [6, 6.07) is 2.09. The number of hydrogen-bond acceptors (Lipinski definition) is 4. The van der Waals surface area contributed by atoms with E-state index in [4.69, 9.17) is 4.74 Å². The number of rotatable bonds is 6. The monoisotopic (exact) mass is 306 g/mol. The molecule has 2 fully saturated rings. The van der Waals surface area contributed by atoms with Crippen LogP contribution in [-0.2, 0) is 9.53 Å². The van der Waals surface area contributed by atoms with Gasteiger partial charge in [0.1, 0.15) is 0 Å². The Labute approximate surface area is 131 Å². The molecule has 6 heteroatoms. The lowest BCUT2D eigenvalue weighted by Crippen LogP contribution is -2.37. The summed E-state index contributed by atoms with van der Waals surface area (Å²) in [6.07, 6.45) is 4.89. The Morgan fingerprint density at radius 2 is 2.23 bits per heavy atom. The van der Waals surface area contributed by atoms with E-state index < -0.39 is 0 Å². The molecule has 1 aromatic heterocycles. The number of carbonyl (C=O) groups is 1. The predicted octanol–water partition coefficient (Wildman–Crippen LogP) is 1.08. The molecule has 2 aliphatic rings. The van der Waals surface area contributed by atoms with Crippen LogP contribution in [0, 0.1) is 5.92 Å². The van der Waals surface area contributed by atoms with Crippen molar-refractivity contribution >= 4 is 5.91 Å². The van der Waals surface area contributed by atoms with Crippen molar-refractivity contribution in [3.05, 3.63) is 18.0 Å². The molecule has 1 atom stereocenters. The first-order chi connectivity index (χ1) is 10.8. The molecular weight excluding hydrogens is 280 g/mol. The number of piperidine rings is 1. The van der Waals surface area contributed by atoms with Gasteiger partial charge in [0.2, 0.25) is 5.91 Å². The van der Waals surface area contributed by atoms with E-state index in [-0.39, 0.29) is 5.91 Å². The van der Waals surface area contributed by atoms with E-state index in [0.29, 0.717) is 24.9 Å². The lowest BCUT2D eigenvalue weighted by molar-refractivity contribution is -0.128. The summed E-state index contributed by atoms with van der Waals surface area (Å²) >= 11 is 0. The molecule has 1 amide bonds. The van der Waals surface area contributed by atoms with Crippen molar-refractivity contribution < 1.29 is 9.53 Å². The number of amides is 1. The summed E-state index contributed by atoms with van der Waals surface area (Å²) in [6.45, 7) is 5.54. The number of likely N-dealkylation sites (tertiary alicyclic amines) is 2. The van der Waals surface area contributed by atoms with Gasteiger partial charge in [-0.05, 0) is 37.9 Å². The number of ether oxygens (including phenoxy) is 1. The average Bonchev–Trinajstić information content (AvgIpc) is 3.16. The van der Waals surface area contributed by atoms with Crippen LogP contribution in [0.2, 0.25) is 0 Å². The first-order valence-corrected chi connectivity index (χ1v) is 8.24. The van der Waals surface area contributed by atoms with Gasteiger partial charge in [0.25, 0.3) is 0 Å². The molecule has 3 rings (SSSR count). The van der Waals surface area contributed by atoms with E-state index in [0.717, 1.165) is 32.7 Å². The molecule has 0 radical (unpaired) electrons. The maximum absolute atomic E-state index is 12.0. The van der Waals surface area contributed by atoms with Crippen LogP contribution >= 0.6 is 0 Å². The molecule has 0 aromatic carbocycles. The number of hydrogen-bond donors (Lipinski definition) is 1. The molecule has 0 saturated carbocycles. The van der Waals surface area contributed by atoms with Gasteiger partial charge in [0.05, 0.1) is 6.61 Å². The van der Waals surface area contributed by atoms with E-state index in [9.17, 15) is 4.79 Å². The Kier molecular flexibility index (Phi) is 5.10. The first kappa shape index (κ1) is 15.5. The second-order valence-corrected chi connectivity index (χ2v) is 6.49. The summed E-state index contributed by atoms with van der Waals surface area (Å²) in [4.78, 5) is 16.4. The van der Waals surface area contributed by atoms with E-state index in [1.165, 1.54) is 18.5 Å². The molecule has 3 heterocycles. The standard InChI is InChI=1S/C16H26N4O2/c1-22-9-8-20-12-13(10-16(20)21)11-19-6-3-14(4-7-19)15-2-5-17-18-15/h2,5,13-14H,3-4,6-12H2,1H3,(H,17,18)/t13-/m1/s1. The average molecular weight is 306 g/mol. The van der Waals surface area contributed by atoms with Crippen molar-refractivity contribution in [2.45, 2.75) is 25.2 Å². The Balaban J connectivity index is 1.42. The van der Waals surface area contributed by atoms with Gasteiger partial charge in [-0.2, -0.15) is 5.10 Å². The molecule has 122 valence electrons. The predicted molar refractivity (Wildman–Crippen MR) is 83.6 cm³/mol. The second kappa shape index (κ2) is 7.24. The van der Waals surface area contributed by atoms with Crippen LogP contribution in [0.4, 0.5) is 0 Å². The summed E-state index contributed by atoms with van der Waals surface area (Å²) < 4.78 is 5.07. The normalized spacial score (nSPS) is 24.3. The van der Waals surface area contributed by atoms with Crippen LogP contribution in [0.5, 0.6) is 0 Å². The van der Waals surface area contributed by atoms with Gasteiger partial charge < -0.3 is 14.5 Å². The molecule has 2 saturated heterocycles. The minimum absolute atomic E-state index is 0.286. The SMILES string of the molecule is COCCN1C[C@@H](CN2CCC(c3ccn[nH]3)CC2)CC1=O. The van der Waals surface area contributed by atoms with Crippen molar-refractivity contribution in [2.24, 2.45) is 5.92 Å². The summed E-state index contributed by atoms with van der Waals surface area (Å²) in [5.41, 5.74) is 1.27. The minimum Gasteiger partial charge on any atom is -0.383 e. The molecule has 22 heavy (non-hydrogen) atoms. The summed E-state index contributed by atoms with van der Waals surface area (Å²) in [5.74, 6) is 1.38. The molecule has 1 aromatic rings. The topological polar surface area (TPSA) is 61.5 Å². The van der Waals surface area contributed by atoms with Crippen molar-refractivity contribution in [3.63, 3.8) is 0 Å². The fraction of sp³-hybridized carbons (Fsp3) is 0.750. The smallest absolute Gasteiger partial charge is 0.223 e. The zero-order chi connectivity index (χ0) is 15.4. The number of nitrogens with one attached hydrogen (secondary N) is 1. The highest BCUT2D eigenvalue weighted by Gasteiger charge is 2.31. The van der Waals surface area contributed by atoms with Crippen LogP contribution in [0.15, 0.2) is 12.3 Å². The van der Waals surface area contributed by atoms with Crippen LogP contribution in [-0.4, -0.2) is 72.3 Å². The van der Waals surface area contributed by atoms with Gasteiger partial charge >= 0.3 is 0 Å². The number of nitrogens with zero attached hydrogens (tertiary/aromatic N) is 3.